The van der Waals surface area contributed by atoms with E-state index in [1.807, 2.05) is 45.0 Å². The summed E-state index contributed by atoms with van der Waals surface area (Å²) in [5.74, 6) is 0.851. The van der Waals surface area contributed by atoms with Crippen molar-refractivity contribution in [3.63, 3.8) is 0 Å². The lowest BCUT2D eigenvalue weighted by Gasteiger charge is -2.48. The van der Waals surface area contributed by atoms with Gasteiger partial charge in [0.1, 0.15) is 11.8 Å². The van der Waals surface area contributed by atoms with E-state index in [0.717, 1.165) is 30.6 Å². The summed E-state index contributed by atoms with van der Waals surface area (Å²) < 4.78 is 5.20. The Morgan fingerprint density at radius 1 is 1.25 bits per heavy atom. The topological polar surface area (TPSA) is 58.6 Å². The van der Waals surface area contributed by atoms with Gasteiger partial charge in [0, 0.05) is 11.6 Å². The first kappa shape index (κ1) is 16.8. The zero-order valence-electron chi connectivity index (χ0n) is 14.8. The van der Waals surface area contributed by atoms with Crippen molar-refractivity contribution in [3.8, 4) is 5.75 Å². The summed E-state index contributed by atoms with van der Waals surface area (Å²) in [7, 11) is 1.61. The van der Waals surface area contributed by atoms with Gasteiger partial charge in [-0.05, 0) is 51.3 Å². The fraction of sp³-hybridized carbons (Fsp3) is 0.579. The van der Waals surface area contributed by atoms with Gasteiger partial charge in [-0.2, -0.15) is 0 Å². The molecule has 130 valence electrons. The molecule has 1 saturated carbocycles. The predicted octanol–water partition coefficient (Wildman–Crippen LogP) is 2.66. The van der Waals surface area contributed by atoms with E-state index in [9.17, 15) is 9.59 Å². The van der Waals surface area contributed by atoms with Crippen molar-refractivity contribution >= 4 is 11.8 Å². The van der Waals surface area contributed by atoms with Crippen LogP contribution in [0.5, 0.6) is 5.75 Å². The van der Waals surface area contributed by atoms with Gasteiger partial charge in [-0.3, -0.25) is 9.59 Å². The summed E-state index contributed by atoms with van der Waals surface area (Å²) in [5, 5.41) is 3.03. The molecule has 24 heavy (non-hydrogen) atoms. The molecule has 5 heteroatoms. The lowest BCUT2D eigenvalue weighted by Crippen LogP contribution is -2.62. The van der Waals surface area contributed by atoms with Crippen LogP contribution in [-0.2, 0) is 9.59 Å². The van der Waals surface area contributed by atoms with E-state index >= 15 is 0 Å². The fourth-order valence-electron chi connectivity index (χ4n) is 3.82. The summed E-state index contributed by atoms with van der Waals surface area (Å²) in [5.41, 5.74) is 0.487. The van der Waals surface area contributed by atoms with Crippen LogP contribution in [-0.4, -0.2) is 35.4 Å². The molecule has 2 fully saturated rings. The molecule has 0 bridgehead atoms. The molecule has 2 amide bonds. The summed E-state index contributed by atoms with van der Waals surface area (Å²) in [4.78, 5) is 27.3. The highest BCUT2D eigenvalue weighted by Gasteiger charge is 2.54. The van der Waals surface area contributed by atoms with E-state index < -0.39 is 6.04 Å². The molecule has 0 radical (unpaired) electrons. The molecule has 1 N–H and O–H groups in total. The molecular weight excluding hydrogens is 304 g/mol. The smallest absolute Gasteiger partial charge is 0.247 e. The molecule has 0 aromatic heterocycles. The van der Waals surface area contributed by atoms with E-state index in [4.69, 9.17) is 4.74 Å². The number of likely N-dealkylation sites (tertiary alicyclic amines) is 1. The van der Waals surface area contributed by atoms with Gasteiger partial charge in [0.25, 0.3) is 0 Å². The van der Waals surface area contributed by atoms with Crippen molar-refractivity contribution in [3.05, 3.63) is 29.8 Å². The van der Waals surface area contributed by atoms with Crippen LogP contribution in [0.1, 0.15) is 51.6 Å². The molecule has 3 atom stereocenters. The van der Waals surface area contributed by atoms with Crippen LogP contribution < -0.4 is 10.1 Å². The third-order valence-corrected chi connectivity index (χ3v) is 4.86. The maximum Gasteiger partial charge on any atom is 0.247 e. The Bertz CT molecular complexity index is 633. The number of amides is 2. The molecule has 3 rings (SSSR count). The number of fused-ring (bicyclic) bond motifs is 1. The highest BCUT2D eigenvalue weighted by molar-refractivity contribution is 5.94. The number of methoxy groups -OCH3 is 1. The standard InChI is InChI=1S/C19H26N2O3/c1-19(2,3)20-17(22)16(12-8-10-13(24-4)11-9-12)21-15-7-5-6-14(15)18(21)23/h8-11,14-16H,5-7H2,1-4H3,(H,20,22)/t14-,15+,16?/m1/s1. The fourth-order valence-corrected chi connectivity index (χ4v) is 3.82. The third-order valence-electron chi connectivity index (χ3n) is 4.86. The molecular formula is C19H26N2O3. The number of carbonyl (C=O) groups is 2. The molecule has 0 spiro atoms. The number of nitrogens with one attached hydrogen (secondary N) is 1. The number of hydrogen-bond donors (Lipinski definition) is 1. The van der Waals surface area contributed by atoms with Gasteiger partial charge in [0.05, 0.1) is 13.0 Å². The quantitative estimate of drug-likeness (QED) is 0.864. The highest BCUT2D eigenvalue weighted by Crippen LogP contribution is 2.45. The molecule has 1 heterocycles. The Morgan fingerprint density at radius 2 is 1.92 bits per heavy atom. The molecule has 1 aromatic carbocycles. The van der Waals surface area contributed by atoms with E-state index in [2.05, 4.69) is 5.32 Å². The van der Waals surface area contributed by atoms with E-state index in [1.54, 1.807) is 12.0 Å². The first-order chi connectivity index (χ1) is 11.3. The Hall–Kier alpha value is -2.04. The Kier molecular flexibility index (Phi) is 4.28. The van der Waals surface area contributed by atoms with Gasteiger partial charge in [-0.25, -0.2) is 0 Å². The second-order valence-electron chi connectivity index (χ2n) is 7.77. The summed E-state index contributed by atoms with van der Waals surface area (Å²) in [6, 6.07) is 7.06. The molecule has 1 aromatic rings. The first-order valence-electron chi connectivity index (χ1n) is 8.60. The lowest BCUT2D eigenvalue weighted by atomic mass is 9.86. The van der Waals surface area contributed by atoms with Crippen LogP contribution in [0.2, 0.25) is 0 Å². The van der Waals surface area contributed by atoms with Gasteiger partial charge in [0.15, 0.2) is 0 Å². The molecule has 5 nitrogen and oxygen atoms in total. The second-order valence-corrected chi connectivity index (χ2v) is 7.77. The minimum Gasteiger partial charge on any atom is -0.497 e. The van der Waals surface area contributed by atoms with Gasteiger partial charge in [0.2, 0.25) is 11.8 Å². The van der Waals surface area contributed by atoms with Crippen molar-refractivity contribution in [1.29, 1.82) is 0 Å². The van der Waals surface area contributed by atoms with Crippen molar-refractivity contribution in [2.45, 2.75) is 57.7 Å². The summed E-state index contributed by atoms with van der Waals surface area (Å²) >= 11 is 0. The van der Waals surface area contributed by atoms with Crippen LogP contribution in [0.25, 0.3) is 0 Å². The SMILES string of the molecule is COc1ccc(C(C(=O)NC(C)(C)C)N2C(=O)[C@@H]3CCC[C@@H]32)cc1. The average molecular weight is 330 g/mol. The second kappa shape index (κ2) is 6.11. The number of nitrogens with zero attached hydrogens (tertiary/aromatic N) is 1. The maximum atomic E-state index is 12.9. The number of β-lactam (4-membered cyclic amide) rings is 1. The van der Waals surface area contributed by atoms with Crippen LogP contribution in [0.4, 0.5) is 0 Å². The van der Waals surface area contributed by atoms with Crippen LogP contribution >= 0.6 is 0 Å². The number of benzene rings is 1. The average Bonchev–Trinajstić information content (AvgIpc) is 2.95. The molecule has 1 aliphatic carbocycles. The van der Waals surface area contributed by atoms with Crippen LogP contribution in [0.15, 0.2) is 24.3 Å². The van der Waals surface area contributed by atoms with Gasteiger partial charge < -0.3 is 15.0 Å². The van der Waals surface area contributed by atoms with Crippen LogP contribution in [0, 0.1) is 5.92 Å². The lowest BCUT2D eigenvalue weighted by molar-refractivity contribution is -0.163. The highest BCUT2D eigenvalue weighted by atomic mass is 16.5. The number of hydrogen-bond acceptors (Lipinski definition) is 3. The Labute approximate surface area is 143 Å². The predicted molar refractivity (Wildman–Crippen MR) is 91.6 cm³/mol. The largest absolute Gasteiger partial charge is 0.497 e. The zero-order valence-corrected chi connectivity index (χ0v) is 14.8. The minimum absolute atomic E-state index is 0.113. The van der Waals surface area contributed by atoms with E-state index in [0.29, 0.717) is 0 Å². The molecule has 1 aliphatic heterocycles. The normalized spacial score (nSPS) is 24.2. The molecule has 1 saturated heterocycles. The number of ether oxygens (including phenoxy) is 1. The van der Waals surface area contributed by atoms with Crippen molar-refractivity contribution < 1.29 is 14.3 Å². The first-order valence-corrected chi connectivity index (χ1v) is 8.60. The molecule has 2 aliphatic rings. The monoisotopic (exact) mass is 330 g/mol. The Morgan fingerprint density at radius 3 is 2.50 bits per heavy atom. The third kappa shape index (κ3) is 2.99. The maximum absolute atomic E-state index is 12.9. The van der Waals surface area contributed by atoms with Crippen molar-refractivity contribution in [2.24, 2.45) is 5.92 Å². The zero-order chi connectivity index (χ0) is 17.5. The molecule has 1 unspecified atom stereocenters. The number of carbonyl (C=O) groups excluding carboxylic acids is 2. The number of rotatable bonds is 4. The summed E-state index contributed by atoms with van der Waals surface area (Å²) in [6.07, 6.45) is 3.01. The van der Waals surface area contributed by atoms with E-state index in [1.165, 1.54) is 0 Å². The van der Waals surface area contributed by atoms with Gasteiger partial charge in [-0.1, -0.05) is 18.6 Å². The van der Waals surface area contributed by atoms with Crippen LogP contribution in [0.3, 0.4) is 0 Å². The van der Waals surface area contributed by atoms with Gasteiger partial charge in [-0.15, -0.1) is 0 Å². The van der Waals surface area contributed by atoms with Crippen molar-refractivity contribution in [1.82, 2.24) is 10.2 Å². The van der Waals surface area contributed by atoms with Gasteiger partial charge >= 0.3 is 0 Å². The minimum atomic E-state index is -0.568. The summed E-state index contributed by atoms with van der Waals surface area (Å²) in [6.45, 7) is 5.85. The van der Waals surface area contributed by atoms with E-state index in [-0.39, 0.29) is 29.3 Å². The van der Waals surface area contributed by atoms with Crippen molar-refractivity contribution in [2.75, 3.05) is 7.11 Å². The Balaban J connectivity index is 1.91.